The topological polar surface area (TPSA) is 75.0 Å². The van der Waals surface area contributed by atoms with E-state index in [9.17, 15) is 9.59 Å². The fourth-order valence-corrected chi connectivity index (χ4v) is 5.30. The fourth-order valence-electron chi connectivity index (χ4n) is 5.30. The summed E-state index contributed by atoms with van der Waals surface area (Å²) in [5, 5.41) is 6.48. The summed E-state index contributed by atoms with van der Waals surface area (Å²) >= 11 is 0. The van der Waals surface area contributed by atoms with E-state index >= 15 is 0 Å². The van der Waals surface area contributed by atoms with Crippen LogP contribution in [0.5, 0.6) is 0 Å². The van der Waals surface area contributed by atoms with Gasteiger partial charge in [-0.15, -0.1) is 0 Å². The molecule has 3 saturated heterocycles. The summed E-state index contributed by atoms with van der Waals surface area (Å²) in [7, 11) is 0. The number of ether oxygens (including phenoxy) is 1. The van der Waals surface area contributed by atoms with Crippen LogP contribution in [-0.2, 0) is 14.3 Å². The van der Waals surface area contributed by atoms with E-state index < -0.39 is 23.0 Å². The summed E-state index contributed by atoms with van der Waals surface area (Å²) < 4.78 is 6.15. The van der Waals surface area contributed by atoms with Crippen LogP contribution in [0.4, 0.5) is 22.7 Å². The SMILES string of the molecule is [C-]#[N+]c1ccc(N2C(=O)[C@@H]3[C@H](C2=O)C2(C)CCC3(C)O2)c2c1NCCN2. The first-order valence-corrected chi connectivity index (χ1v) is 9.00. The monoisotopic (exact) mass is 352 g/mol. The second-order valence-corrected chi connectivity index (χ2v) is 8.01. The highest BCUT2D eigenvalue weighted by Gasteiger charge is 2.72. The van der Waals surface area contributed by atoms with Gasteiger partial charge in [0.25, 0.3) is 0 Å². The largest absolute Gasteiger partial charge is 0.390 e. The van der Waals surface area contributed by atoms with Crippen LogP contribution in [0.15, 0.2) is 12.1 Å². The Morgan fingerprint density at radius 2 is 1.65 bits per heavy atom. The Kier molecular flexibility index (Phi) is 2.87. The zero-order valence-electron chi connectivity index (χ0n) is 14.8. The van der Waals surface area contributed by atoms with Crippen LogP contribution in [0, 0.1) is 18.4 Å². The van der Waals surface area contributed by atoms with Gasteiger partial charge >= 0.3 is 0 Å². The average molecular weight is 352 g/mol. The van der Waals surface area contributed by atoms with Gasteiger partial charge in [0.2, 0.25) is 17.5 Å². The van der Waals surface area contributed by atoms with Gasteiger partial charge in [-0.1, -0.05) is 6.07 Å². The predicted octanol–water partition coefficient (Wildman–Crippen LogP) is 2.52. The molecule has 7 heteroatoms. The predicted molar refractivity (Wildman–Crippen MR) is 96.3 cm³/mol. The number of fused-ring (bicyclic) bond motifs is 6. The number of nitrogens with one attached hydrogen (secondary N) is 2. The maximum Gasteiger partial charge on any atom is 0.240 e. The molecule has 0 saturated carbocycles. The summed E-state index contributed by atoms with van der Waals surface area (Å²) in [4.78, 5) is 31.5. The van der Waals surface area contributed by atoms with Crippen LogP contribution in [0.3, 0.4) is 0 Å². The van der Waals surface area contributed by atoms with E-state index in [-0.39, 0.29) is 11.8 Å². The minimum atomic E-state index is -0.566. The number of carbonyl (C=O) groups is 2. The Bertz CT molecular complexity index is 873. The van der Waals surface area contributed by atoms with Crippen molar-refractivity contribution in [3.8, 4) is 0 Å². The first-order valence-electron chi connectivity index (χ1n) is 9.00. The van der Waals surface area contributed by atoms with Crippen molar-refractivity contribution in [1.29, 1.82) is 0 Å². The Labute approximate surface area is 151 Å². The lowest BCUT2D eigenvalue weighted by molar-refractivity contribution is -0.129. The van der Waals surface area contributed by atoms with Gasteiger partial charge in [0, 0.05) is 13.1 Å². The number of benzene rings is 1. The molecule has 1 aromatic carbocycles. The van der Waals surface area contributed by atoms with Gasteiger partial charge in [-0.2, -0.15) is 0 Å². The van der Waals surface area contributed by atoms with E-state index in [0.29, 0.717) is 35.8 Å². The molecule has 4 atom stereocenters. The minimum Gasteiger partial charge on any atom is -0.390 e. The second kappa shape index (κ2) is 4.77. The molecule has 26 heavy (non-hydrogen) atoms. The maximum atomic E-state index is 13.3. The molecule has 4 aliphatic rings. The van der Waals surface area contributed by atoms with Gasteiger partial charge in [-0.05, 0) is 32.8 Å². The molecule has 4 heterocycles. The molecule has 7 nitrogen and oxygen atoms in total. The van der Waals surface area contributed by atoms with Crippen molar-refractivity contribution >= 4 is 34.6 Å². The molecule has 2 N–H and O–H groups in total. The summed E-state index contributed by atoms with van der Waals surface area (Å²) in [6.45, 7) is 12.6. The molecule has 0 radical (unpaired) electrons. The van der Waals surface area contributed by atoms with E-state index in [0.717, 1.165) is 12.8 Å². The third-order valence-corrected chi connectivity index (χ3v) is 6.46. The lowest BCUT2D eigenvalue weighted by Crippen LogP contribution is -2.40. The number of nitrogens with zero attached hydrogens (tertiary/aromatic N) is 2. The number of imide groups is 1. The van der Waals surface area contributed by atoms with Crippen molar-refractivity contribution in [1.82, 2.24) is 0 Å². The molecule has 2 amide bonds. The average Bonchev–Trinajstić information content (AvgIpc) is 3.18. The number of anilines is 3. The summed E-state index contributed by atoms with van der Waals surface area (Å²) in [5.74, 6) is -1.23. The van der Waals surface area contributed by atoms with Gasteiger partial charge in [-0.25, -0.2) is 9.74 Å². The van der Waals surface area contributed by atoms with Gasteiger partial charge < -0.3 is 15.4 Å². The molecule has 0 aromatic heterocycles. The number of hydrogen-bond acceptors (Lipinski definition) is 5. The Balaban J connectivity index is 1.64. The summed E-state index contributed by atoms with van der Waals surface area (Å²) in [6.07, 6.45) is 1.60. The number of carbonyl (C=O) groups excluding carboxylic acids is 2. The lowest BCUT2D eigenvalue weighted by atomic mass is 9.69. The van der Waals surface area contributed by atoms with Gasteiger partial charge in [0.15, 0.2) is 0 Å². The van der Waals surface area contributed by atoms with Gasteiger partial charge in [0.05, 0.1) is 46.7 Å². The van der Waals surface area contributed by atoms with Crippen molar-refractivity contribution in [2.24, 2.45) is 11.8 Å². The highest BCUT2D eigenvalue weighted by molar-refractivity contribution is 6.25. The van der Waals surface area contributed by atoms with Crippen LogP contribution >= 0.6 is 0 Å². The summed E-state index contributed by atoms with van der Waals surface area (Å²) in [6, 6.07) is 3.38. The Hall–Kier alpha value is -2.59. The number of rotatable bonds is 1. The summed E-state index contributed by atoms with van der Waals surface area (Å²) in [5.41, 5.74) is 1.22. The number of hydrogen-bond donors (Lipinski definition) is 2. The molecule has 2 unspecified atom stereocenters. The van der Waals surface area contributed by atoms with E-state index in [4.69, 9.17) is 11.3 Å². The third-order valence-electron chi connectivity index (χ3n) is 6.46. The molecule has 1 aromatic rings. The zero-order valence-corrected chi connectivity index (χ0v) is 14.8. The van der Waals surface area contributed by atoms with Gasteiger partial charge in [0.1, 0.15) is 0 Å². The normalized spacial score (nSPS) is 37.0. The smallest absolute Gasteiger partial charge is 0.240 e. The zero-order chi connectivity index (χ0) is 18.3. The van der Waals surface area contributed by atoms with Crippen LogP contribution < -0.4 is 15.5 Å². The molecule has 4 aliphatic heterocycles. The molecule has 5 rings (SSSR count). The highest BCUT2D eigenvalue weighted by Crippen LogP contribution is 2.61. The van der Waals surface area contributed by atoms with Crippen LogP contribution in [0.2, 0.25) is 0 Å². The molecule has 134 valence electrons. The van der Waals surface area contributed by atoms with Crippen molar-refractivity contribution in [3.05, 3.63) is 23.5 Å². The molecular formula is C19H20N4O3. The van der Waals surface area contributed by atoms with Crippen molar-refractivity contribution in [2.75, 3.05) is 28.6 Å². The molecule has 2 bridgehead atoms. The van der Waals surface area contributed by atoms with E-state index in [1.165, 1.54) is 4.90 Å². The van der Waals surface area contributed by atoms with Crippen molar-refractivity contribution in [3.63, 3.8) is 0 Å². The van der Waals surface area contributed by atoms with Crippen molar-refractivity contribution in [2.45, 2.75) is 37.9 Å². The first kappa shape index (κ1) is 15.6. The van der Waals surface area contributed by atoms with Crippen LogP contribution in [-0.4, -0.2) is 36.1 Å². The molecule has 0 aliphatic carbocycles. The van der Waals surface area contributed by atoms with E-state index in [1.54, 1.807) is 12.1 Å². The second-order valence-electron chi connectivity index (χ2n) is 8.01. The van der Waals surface area contributed by atoms with Gasteiger partial charge in [-0.3, -0.25) is 9.59 Å². The minimum absolute atomic E-state index is 0.184. The van der Waals surface area contributed by atoms with Crippen LogP contribution in [0.1, 0.15) is 26.7 Å². The fraction of sp³-hybridized carbons (Fsp3) is 0.526. The quantitative estimate of drug-likeness (QED) is 0.600. The molecular weight excluding hydrogens is 332 g/mol. The van der Waals surface area contributed by atoms with E-state index in [1.807, 2.05) is 13.8 Å². The Morgan fingerprint density at radius 3 is 2.23 bits per heavy atom. The standard InChI is InChI=1S/C19H20N4O3/c1-18-6-7-19(2,26-18)13-12(18)16(24)23(17(13)25)11-5-4-10(20-3)14-15(11)22-9-8-21-14/h4-5,12-13,21-22H,6-9H2,1-2H3/t12-,13+,18?,19?. The van der Waals surface area contributed by atoms with Crippen LogP contribution in [0.25, 0.3) is 4.85 Å². The molecule has 0 spiro atoms. The number of amides is 2. The first-order chi connectivity index (χ1) is 12.4. The maximum absolute atomic E-state index is 13.3. The molecule has 3 fully saturated rings. The Morgan fingerprint density at radius 1 is 1.08 bits per heavy atom. The highest BCUT2D eigenvalue weighted by atomic mass is 16.5. The van der Waals surface area contributed by atoms with Crippen molar-refractivity contribution < 1.29 is 14.3 Å². The third kappa shape index (κ3) is 1.70. The lowest BCUT2D eigenvalue weighted by Gasteiger charge is -2.29. The van der Waals surface area contributed by atoms with E-state index in [2.05, 4.69) is 15.5 Å².